The Balaban J connectivity index is 1.61. The molecule has 4 heteroatoms. The minimum atomic E-state index is 0.0525. The third kappa shape index (κ3) is 3.55. The maximum Gasteiger partial charge on any atom is 0.274 e. The molecule has 4 nitrogen and oxygen atoms in total. The Kier molecular flexibility index (Phi) is 4.42. The SMILES string of the molecule is C[C@@H]1CCCN(c2ccc(C(=O)NC3CCCC3)c[nH+]2)C1. The van der Waals surface area contributed by atoms with Gasteiger partial charge in [-0.25, -0.2) is 4.98 Å². The van der Waals surface area contributed by atoms with Gasteiger partial charge in [-0.1, -0.05) is 19.8 Å². The number of aromatic nitrogens is 1. The van der Waals surface area contributed by atoms with Crippen LogP contribution in [0.1, 0.15) is 55.8 Å². The summed E-state index contributed by atoms with van der Waals surface area (Å²) in [6.45, 7) is 4.51. The molecule has 2 aliphatic rings. The van der Waals surface area contributed by atoms with Crippen molar-refractivity contribution in [2.24, 2.45) is 5.92 Å². The lowest BCUT2D eigenvalue weighted by molar-refractivity contribution is -0.364. The van der Waals surface area contributed by atoms with Crippen LogP contribution in [0, 0.1) is 5.92 Å². The van der Waals surface area contributed by atoms with E-state index in [2.05, 4.69) is 22.1 Å². The fraction of sp³-hybridized carbons (Fsp3) is 0.647. The molecule has 1 atom stereocenters. The molecule has 114 valence electrons. The predicted octanol–water partition coefficient (Wildman–Crippen LogP) is 2.41. The van der Waals surface area contributed by atoms with E-state index in [-0.39, 0.29) is 5.91 Å². The second-order valence-corrected chi connectivity index (χ2v) is 6.61. The number of rotatable bonds is 3. The van der Waals surface area contributed by atoms with Gasteiger partial charge in [-0.15, -0.1) is 0 Å². The van der Waals surface area contributed by atoms with E-state index in [9.17, 15) is 4.79 Å². The van der Waals surface area contributed by atoms with Crippen LogP contribution in [0.25, 0.3) is 0 Å². The van der Waals surface area contributed by atoms with E-state index in [1.807, 2.05) is 18.3 Å². The smallest absolute Gasteiger partial charge is 0.274 e. The summed E-state index contributed by atoms with van der Waals surface area (Å²) in [5.74, 6) is 1.92. The zero-order chi connectivity index (χ0) is 14.7. The van der Waals surface area contributed by atoms with Gasteiger partial charge in [-0.05, 0) is 37.7 Å². The molecule has 0 bridgehead atoms. The number of carbonyl (C=O) groups excluding carboxylic acids is 1. The number of anilines is 1. The summed E-state index contributed by atoms with van der Waals surface area (Å²) in [6.07, 6.45) is 9.14. The number of nitrogens with one attached hydrogen (secondary N) is 2. The molecule has 2 fully saturated rings. The van der Waals surface area contributed by atoms with Crippen LogP contribution in [-0.4, -0.2) is 25.0 Å². The minimum Gasteiger partial charge on any atom is -0.349 e. The van der Waals surface area contributed by atoms with Crippen LogP contribution in [0.4, 0.5) is 5.82 Å². The minimum absolute atomic E-state index is 0.0525. The number of carbonyl (C=O) groups is 1. The van der Waals surface area contributed by atoms with Crippen molar-refractivity contribution in [1.29, 1.82) is 0 Å². The van der Waals surface area contributed by atoms with E-state index in [0.717, 1.165) is 43.2 Å². The maximum absolute atomic E-state index is 12.2. The van der Waals surface area contributed by atoms with Gasteiger partial charge in [-0.3, -0.25) is 9.69 Å². The Labute approximate surface area is 126 Å². The van der Waals surface area contributed by atoms with Gasteiger partial charge in [0.25, 0.3) is 11.7 Å². The lowest BCUT2D eigenvalue weighted by Crippen LogP contribution is -2.38. The van der Waals surface area contributed by atoms with Crippen LogP contribution in [0.5, 0.6) is 0 Å². The predicted molar refractivity (Wildman–Crippen MR) is 83.3 cm³/mol. The lowest BCUT2D eigenvalue weighted by atomic mass is 10.0. The summed E-state index contributed by atoms with van der Waals surface area (Å²) in [4.78, 5) is 17.9. The second kappa shape index (κ2) is 6.46. The summed E-state index contributed by atoms with van der Waals surface area (Å²) in [6, 6.07) is 4.36. The third-order valence-electron chi connectivity index (χ3n) is 4.75. The summed E-state index contributed by atoms with van der Waals surface area (Å²) in [5, 5.41) is 3.13. The summed E-state index contributed by atoms with van der Waals surface area (Å²) < 4.78 is 0. The van der Waals surface area contributed by atoms with Gasteiger partial charge >= 0.3 is 0 Å². The molecule has 0 spiro atoms. The highest BCUT2D eigenvalue weighted by molar-refractivity contribution is 5.93. The van der Waals surface area contributed by atoms with Crippen molar-refractivity contribution in [3.05, 3.63) is 23.9 Å². The average Bonchev–Trinajstić information content (AvgIpc) is 3.00. The van der Waals surface area contributed by atoms with Crippen molar-refractivity contribution in [2.45, 2.75) is 51.5 Å². The van der Waals surface area contributed by atoms with Gasteiger partial charge in [0, 0.05) is 12.1 Å². The highest BCUT2D eigenvalue weighted by Crippen LogP contribution is 2.20. The first kappa shape index (κ1) is 14.4. The number of hydrogen-bond acceptors (Lipinski definition) is 2. The van der Waals surface area contributed by atoms with Crippen LogP contribution < -0.4 is 15.2 Å². The molecule has 21 heavy (non-hydrogen) atoms. The molecule has 1 aliphatic heterocycles. The largest absolute Gasteiger partial charge is 0.349 e. The molecule has 1 amide bonds. The fourth-order valence-corrected chi connectivity index (χ4v) is 3.50. The Morgan fingerprint density at radius 2 is 2.05 bits per heavy atom. The molecule has 0 radical (unpaired) electrons. The van der Waals surface area contributed by atoms with E-state index < -0.39 is 0 Å². The number of nitrogens with zero attached hydrogens (tertiary/aromatic N) is 1. The molecule has 1 saturated heterocycles. The van der Waals surface area contributed by atoms with Gasteiger partial charge < -0.3 is 5.32 Å². The summed E-state index contributed by atoms with van der Waals surface area (Å²) in [7, 11) is 0. The van der Waals surface area contributed by atoms with Crippen molar-refractivity contribution in [2.75, 3.05) is 18.0 Å². The molecular formula is C17H26N3O+. The summed E-state index contributed by atoms with van der Waals surface area (Å²) >= 11 is 0. The van der Waals surface area contributed by atoms with Gasteiger partial charge in [-0.2, -0.15) is 0 Å². The molecule has 2 N–H and O–H groups in total. The maximum atomic E-state index is 12.2. The van der Waals surface area contributed by atoms with Gasteiger partial charge in [0.05, 0.1) is 18.7 Å². The van der Waals surface area contributed by atoms with Gasteiger partial charge in [0.1, 0.15) is 6.20 Å². The zero-order valence-electron chi connectivity index (χ0n) is 12.9. The molecule has 2 heterocycles. The monoisotopic (exact) mass is 288 g/mol. The number of pyridine rings is 1. The van der Waals surface area contributed by atoms with E-state index >= 15 is 0 Å². The number of H-pyrrole nitrogens is 1. The Bertz CT molecular complexity index is 479. The molecule has 0 aromatic carbocycles. The number of piperidine rings is 1. The van der Waals surface area contributed by atoms with Gasteiger partial charge in [0.2, 0.25) is 0 Å². The number of hydrogen-bond donors (Lipinski definition) is 1. The molecule has 1 aromatic heterocycles. The quantitative estimate of drug-likeness (QED) is 0.928. The summed E-state index contributed by atoms with van der Waals surface area (Å²) in [5.41, 5.74) is 0.732. The van der Waals surface area contributed by atoms with E-state index in [0.29, 0.717) is 6.04 Å². The molecule has 1 aromatic rings. The fourth-order valence-electron chi connectivity index (χ4n) is 3.50. The molecular weight excluding hydrogens is 262 g/mol. The van der Waals surface area contributed by atoms with Crippen molar-refractivity contribution >= 4 is 11.7 Å². The van der Waals surface area contributed by atoms with Crippen molar-refractivity contribution in [3.8, 4) is 0 Å². The molecule has 0 unspecified atom stereocenters. The Morgan fingerprint density at radius 1 is 1.24 bits per heavy atom. The highest BCUT2D eigenvalue weighted by atomic mass is 16.1. The van der Waals surface area contributed by atoms with Crippen LogP contribution in [-0.2, 0) is 0 Å². The lowest BCUT2D eigenvalue weighted by Gasteiger charge is -2.25. The average molecular weight is 288 g/mol. The van der Waals surface area contributed by atoms with Crippen molar-refractivity contribution in [1.82, 2.24) is 5.32 Å². The molecule has 1 aliphatic carbocycles. The van der Waals surface area contributed by atoms with Crippen LogP contribution in [0.15, 0.2) is 18.3 Å². The number of amides is 1. The van der Waals surface area contributed by atoms with Crippen molar-refractivity contribution in [3.63, 3.8) is 0 Å². The Hall–Kier alpha value is -1.58. The van der Waals surface area contributed by atoms with Crippen LogP contribution >= 0.6 is 0 Å². The van der Waals surface area contributed by atoms with E-state index in [4.69, 9.17) is 0 Å². The van der Waals surface area contributed by atoms with Crippen LogP contribution in [0.3, 0.4) is 0 Å². The van der Waals surface area contributed by atoms with Gasteiger partial charge in [0.15, 0.2) is 0 Å². The standard InChI is InChI=1S/C17H25N3O/c1-13-5-4-10-20(12-13)16-9-8-14(11-18-16)17(21)19-15-6-2-3-7-15/h8-9,11,13,15H,2-7,10,12H2,1H3,(H,19,21)/p+1/t13-/m1/s1. The highest BCUT2D eigenvalue weighted by Gasteiger charge is 2.24. The first-order chi connectivity index (χ1) is 10.2. The topological polar surface area (TPSA) is 46.5 Å². The van der Waals surface area contributed by atoms with Crippen LogP contribution in [0.2, 0.25) is 0 Å². The zero-order valence-corrected chi connectivity index (χ0v) is 12.9. The van der Waals surface area contributed by atoms with Crippen molar-refractivity contribution < 1.29 is 9.78 Å². The first-order valence-electron chi connectivity index (χ1n) is 8.30. The second-order valence-electron chi connectivity index (χ2n) is 6.61. The molecule has 3 rings (SSSR count). The normalized spacial score (nSPS) is 23.3. The Morgan fingerprint density at radius 3 is 2.71 bits per heavy atom. The molecule has 1 saturated carbocycles. The van der Waals surface area contributed by atoms with E-state index in [1.165, 1.54) is 25.7 Å². The number of aromatic amines is 1. The van der Waals surface area contributed by atoms with E-state index in [1.54, 1.807) is 0 Å². The third-order valence-corrected chi connectivity index (χ3v) is 4.75. The first-order valence-corrected chi connectivity index (χ1v) is 8.30.